The van der Waals surface area contributed by atoms with Gasteiger partial charge in [0.05, 0.1) is 0 Å². The van der Waals surface area contributed by atoms with Crippen molar-refractivity contribution in [1.29, 1.82) is 0 Å². The van der Waals surface area contributed by atoms with Crippen molar-refractivity contribution in [3.05, 3.63) is 18.0 Å². The van der Waals surface area contributed by atoms with Crippen molar-refractivity contribution in [2.75, 3.05) is 37.6 Å². The Kier molecular flexibility index (Phi) is 3.70. The van der Waals surface area contributed by atoms with Crippen LogP contribution in [0.5, 0.6) is 0 Å². The smallest absolute Gasteiger partial charge is 0.178 e. The zero-order valence-corrected chi connectivity index (χ0v) is 13.3. The Morgan fingerprint density at radius 2 is 2.00 bits per heavy atom. The molecule has 2 aliphatic rings. The highest BCUT2D eigenvalue weighted by Crippen LogP contribution is 2.38. The monoisotopic (exact) mass is 300 g/mol. The van der Waals surface area contributed by atoms with Crippen LogP contribution >= 0.6 is 0 Å². The van der Waals surface area contributed by atoms with E-state index in [2.05, 4.69) is 39.1 Å². The van der Waals surface area contributed by atoms with Gasteiger partial charge in [0, 0.05) is 25.6 Å². The summed E-state index contributed by atoms with van der Waals surface area (Å²) in [4.78, 5) is 4.97. The summed E-state index contributed by atoms with van der Waals surface area (Å²) in [5, 5.41) is 13.4. The van der Waals surface area contributed by atoms with E-state index in [9.17, 15) is 0 Å². The second-order valence-electron chi connectivity index (χ2n) is 6.48. The first-order valence-corrected chi connectivity index (χ1v) is 8.55. The minimum absolute atomic E-state index is 0.571. The highest BCUT2D eigenvalue weighted by molar-refractivity contribution is 5.46. The summed E-state index contributed by atoms with van der Waals surface area (Å²) in [5.41, 5.74) is 0.869. The molecule has 2 aromatic rings. The number of aromatic nitrogens is 4. The fourth-order valence-corrected chi connectivity index (χ4v) is 3.30. The van der Waals surface area contributed by atoms with Crippen molar-refractivity contribution < 1.29 is 0 Å². The predicted octanol–water partition coefficient (Wildman–Crippen LogP) is 1.92. The van der Waals surface area contributed by atoms with Crippen molar-refractivity contribution in [3.63, 3.8) is 0 Å². The maximum absolute atomic E-state index is 4.83. The molecule has 0 bridgehead atoms. The Labute approximate surface area is 131 Å². The average Bonchev–Trinajstić information content (AvgIpc) is 3.32. The standard InChI is InChI=1S/C16H24N6/c1-2-8-20-9-3-10-21(12-11-20)15-7-6-14-17-18-16(13-4-5-13)22(14)19-15/h6-7,13H,2-5,8-12H2,1H3. The van der Waals surface area contributed by atoms with Crippen LogP contribution < -0.4 is 4.90 Å². The first kappa shape index (κ1) is 13.9. The van der Waals surface area contributed by atoms with Gasteiger partial charge >= 0.3 is 0 Å². The molecule has 2 fully saturated rings. The van der Waals surface area contributed by atoms with E-state index in [1.54, 1.807) is 0 Å². The number of hydrogen-bond donors (Lipinski definition) is 0. The van der Waals surface area contributed by atoms with Gasteiger partial charge in [0.2, 0.25) is 0 Å². The summed E-state index contributed by atoms with van der Waals surface area (Å²) >= 11 is 0. The van der Waals surface area contributed by atoms with Gasteiger partial charge in [0.1, 0.15) is 5.82 Å². The third-order valence-corrected chi connectivity index (χ3v) is 4.67. The fourth-order valence-electron chi connectivity index (χ4n) is 3.30. The minimum Gasteiger partial charge on any atom is -0.354 e. The molecular weight excluding hydrogens is 276 g/mol. The van der Waals surface area contributed by atoms with Gasteiger partial charge in [0.15, 0.2) is 11.5 Å². The van der Waals surface area contributed by atoms with Crippen molar-refractivity contribution in [2.24, 2.45) is 0 Å². The molecule has 1 saturated heterocycles. The van der Waals surface area contributed by atoms with Crippen molar-refractivity contribution >= 4 is 11.5 Å². The maximum Gasteiger partial charge on any atom is 0.178 e. The van der Waals surface area contributed by atoms with Gasteiger partial charge in [-0.3, -0.25) is 0 Å². The summed E-state index contributed by atoms with van der Waals surface area (Å²) < 4.78 is 1.96. The van der Waals surface area contributed by atoms with Crippen LogP contribution in [0.3, 0.4) is 0 Å². The molecule has 2 aromatic heterocycles. The van der Waals surface area contributed by atoms with Gasteiger partial charge < -0.3 is 9.80 Å². The summed E-state index contributed by atoms with van der Waals surface area (Å²) in [6.45, 7) is 7.93. The lowest BCUT2D eigenvalue weighted by Gasteiger charge is -2.22. The molecule has 0 aromatic carbocycles. The van der Waals surface area contributed by atoms with E-state index in [-0.39, 0.29) is 0 Å². The molecule has 118 valence electrons. The molecule has 0 radical (unpaired) electrons. The molecule has 3 heterocycles. The van der Waals surface area contributed by atoms with E-state index in [1.165, 1.54) is 38.8 Å². The second kappa shape index (κ2) is 5.83. The van der Waals surface area contributed by atoms with Crippen molar-refractivity contribution in [1.82, 2.24) is 24.7 Å². The molecule has 0 amide bonds. The van der Waals surface area contributed by atoms with E-state index >= 15 is 0 Å². The molecule has 1 aliphatic carbocycles. The van der Waals surface area contributed by atoms with Gasteiger partial charge in [-0.15, -0.1) is 15.3 Å². The van der Waals surface area contributed by atoms with Crippen LogP contribution in [0.4, 0.5) is 5.82 Å². The Morgan fingerprint density at radius 1 is 1.09 bits per heavy atom. The van der Waals surface area contributed by atoms with Gasteiger partial charge in [-0.25, -0.2) is 0 Å². The maximum atomic E-state index is 4.83. The molecule has 0 unspecified atom stereocenters. The lowest BCUT2D eigenvalue weighted by molar-refractivity contribution is 0.294. The largest absolute Gasteiger partial charge is 0.354 e. The van der Waals surface area contributed by atoms with Gasteiger partial charge in [-0.1, -0.05) is 6.92 Å². The van der Waals surface area contributed by atoms with Crippen molar-refractivity contribution in [2.45, 2.75) is 38.5 Å². The molecular formula is C16H24N6. The lowest BCUT2D eigenvalue weighted by atomic mass is 10.3. The predicted molar refractivity (Wildman–Crippen MR) is 86.3 cm³/mol. The highest BCUT2D eigenvalue weighted by atomic mass is 15.4. The number of fused-ring (bicyclic) bond motifs is 1. The SMILES string of the molecule is CCCN1CCCN(c2ccc3nnc(C4CC4)n3n2)CC1. The van der Waals surface area contributed by atoms with Crippen LogP contribution in [0.1, 0.15) is 44.3 Å². The number of nitrogens with zero attached hydrogens (tertiary/aromatic N) is 6. The Hall–Kier alpha value is -1.69. The lowest BCUT2D eigenvalue weighted by Crippen LogP contribution is -2.31. The van der Waals surface area contributed by atoms with E-state index < -0.39 is 0 Å². The van der Waals surface area contributed by atoms with Gasteiger partial charge in [-0.05, 0) is 50.9 Å². The van der Waals surface area contributed by atoms with Crippen LogP contribution in [0.15, 0.2) is 12.1 Å². The Morgan fingerprint density at radius 3 is 2.82 bits per heavy atom. The van der Waals surface area contributed by atoms with E-state index in [0.29, 0.717) is 5.92 Å². The van der Waals surface area contributed by atoms with Crippen LogP contribution in [0.2, 0.25) is 0 Å². The van der Waals surface area contributed by atoms with E-state index in [4.69, 9.17) is 5.10 Å². The quantitative estimate of drug-likeness (QED) is 0.863. The first-order chi connectivity index (χ1) is 10.8. The molecule has 1 saturated carbocycles. The molecule has 6 nitrogen and oxygen atoms in total. The third-order valence-electron chi connectivity index (χ3n) is 4.67. The fraction of sp³-hybridized carbons (Fsp3) is 0.688. The summed E-state index contributed by atoms with van der Waals surface area (Å²) in [5.74, 6) is 2.67. The topological polar surface area (TPSA) is 49.6 Å². The highest BCUT2D eigenvalue weighted by Gasteiger charge is 2.29. The van der Waals surface area contributed by atoms with Crippen LogP contribution in [-0.2, 0) is 0 Å². The Bertz CT molecular complexity index is 647. The average molecular weight is 300 g/mol. The zero-order chi connectivity index (χ0) is 14.9. The van der Waals surface area contributed by atoms with E-state index in [0.717, 1.165) is 36.9 Å². The van der Waals surface area contributed by atoms with Crippen LogP contribution in [0.25, 0.3) is 5.65 Å². The zero-order valence-electron chi connectivity index (χ0n) is 13.3. The van der Waals surface area contributed by atoms with Crippen molar-refractivity contribution in [3.8, 4) is 0 Å². The molecule has 6 heteroatoms. The molecule has 0 N–H and O–H groups in total. The number of anilines is 1. The van der Waals surface area contributed by atoms with Gasteiger partial charge in [-0.2, -0.15) is 4.52 Å². The summed E-state index contributed by atoms with van der Waals surface area (Å²) in [7, 11) is 0. The molecule has 22 heavy (non-hydrogen) atoms. The number of rotatable bonds is 4. The van der Waals surface area contributed by atoms with Gasteiger partial charge in [0.25, 0.3) is 0 Å². The minimum atomic E-state index is 0.571. The Balaban J connectivity index is 1.56. The number of hydrogen-bond acceptors (Lipinski definition) is 5. The molecule has 0 spiro atoms. The third kappa shape index (κ3) is 2.67. The summed E-state index contributed by atoms with van der Waals surface area (Å²) in [6, 6.07) is 4.14. The normalized spacial score (nSPS) is 20.5. The first-order valence-electron chi connectivity index (χ1n) is 8.55. The van der Waals surface area contributed by atoms with E-state index in [1.807, 2.05) is 4.52 Å². The summed E-state index contributed by atoms with van der Waals surface area (Å²) in [6.07, 6.45) is 4.89. The van der Waals surface area contributed by atoms with Crippen LogP contribution in [0, 0.1) is 0 Å². The second-order valence-corrected chi connectivity index (χ2v) is 6.48. The molecule has 4 rings (SSSR count). The molecule has 1 aliphatic heterocycles. The molecule has 0 atom stereocenters. The van der Waals surface area contributed by atoms with Crippen LogP contribution in [-0.4, -0.2) is 57.4 Å².